The molecule has 0 radical (unpaired) electrons. The molecular weight excluding hydrogens is 366 g/mol. The van der Waals surface area contributed by atoms with E-state index in [1.54, 1.807) is 0 Å². The first-order valence-electron chi connectivity index (χ1n) is 9.96. The maximum absolute atomic E-state index is 13.1. The molecule has 2 aromatic heterocycles. The van der Waals surface area contributed by atoms with Gasteiger partial charge in [-0.3, -0.25) is 9.69 Å². The number of aryl methyl sites for hydroxylation is 2. The van der Waals surface area contributed by atoms with E-state index in [2.05, 4.69) is 32.0 Å². The van der Waals surface area contributed by atoms with Crippen molar-refractivity contribution in [3.8, 4) is 11.6 Å². The summed E-state index contributed by atoms with van der Waals surface area (Å²) in [7, 11) is 2.13. The number of hydrogen-bond donors (Lipinski definition) is 1. The summed E-state index contributed by atoms with van der Waals surface area (Å²) in [5.41, 5.74) is 4.78. The first kappa shape index (κ1) is 19.5. The van der Waals surface area contributed by atoms with Gasteiger partial charge in [0.25, 0.3) is 5.89 Å². The number of benzene rings is 1. The van der Waals surface area contributed by atoms with E-state index in [1.165, 1.54) is 0 Å². The summed E-state index contributed by atoms with van der Waals surface area (Å²) in [6.07, 6.45) is 0. The summed E-state index contributed by atoms with van der Waals surface area (Å²) >= 11 is 0. The van der Waals surface area contributed by atoms with Crippen molar-refractivity contribution in [3.05, 3.63) is 58.1 Å². The van der Waals surface area contributed by atoms with Crippen molar-refractivity contribution >= 4 is 5.78 Å². The van der Waals surface area contributed by atoms with Gasteiger partial charge in [0.05, 0.1) is 6.54 Å². The molecular formula is C22H27N5O2. The average Bonchev–Trinajstić information content (AvgIpc) is 3.27. The number of hydrogen-bond acceptors (Lipinski definition) is 6. The lowest BCUT2D eigenvalue weighted by Gasteiger charge is -2.31. The molecule has 1 aliphatic rings. The monoisotopic (exact) mass is 393 g/mol. The molecule has 3 heterocycles. The lowest BCUT2D eigenvalue weighted by Crippen LogP contribution is -2.43. The maximum atomic E-state index is 13.1. The van der Waals surface area contributed by atoms with Crippen molar-refractivity contribution in [2.45, 2.75) is 27.3 Å². The molecule has 1 N–H and O–H groups in total. The fraction of sp³-hybridized carbons (Fsp3) is 0.409. The molecule has 4 rings (SSSR count). The molecule has 0 unspecified atom stereocenters. The number of aromatic amines is 1. The second-order valence-corrected chi connectivity index (χ2v) is 7.90. The summed E-state index contributed by atoms with van der Waals surface area (Å²) in [5, 5.41) is 8.46. The Bertz CT molecular complexity index is 1030. The normalized spacial score (nSPS) is 15.7. The summed E-state index contributed by atoms with van der Waals surface area (Å²) < 4.78 is 5.93. The Morgan fingerprint density at radius 2 is 1.90 bits per heavy atom. The lowest BCUT2D eigenvalue weighted by atomic mass is 9.98. The van der Waals surface area contributed by atoms with Crippen LogP contribution in [0.1, 0.15) is 38.6 Å². The molecule has 7 heteroatoms. The molecule has 1 fully saturated rings. The van der Waals surface area contributed by atoms with Crippen molar-refractivity contribution in [3.63, 3.8) is 0 Å². The first-order chi connectivity index (χ1) is 13.9. The Hall–Kier alpha value is -2.77. The molecule has 0 atom stereocenters. The van der Waals surface area contributed by atoms with Crippen LogP contribution in [0.2, 0.25) is 0 Å². The third-order valence-corrected chi connectivity index (χ3v) is 5.58. The number of H-pyrrole nitrogens is 1. The van der Waals surface area contributed by atoms with Crippen LogP contribution in [0.5, 0.6) is 0 Å². The Balaban J connectivity index is 1.57. The van der Waals surface area contributed by atoms with Gasteiger partial charge in [0, 0.05) is 43.0 Å². The van der Waals surface area contributed by atoms with Gasteiger partial charge in [-0.05, 0) is 39.4 Å². The topological polar surface area (TPSA) is 78.3 Å². The van der Waals surface area contributed by atoms with Gasteiger partial charge in [0.1, 0.15) is 5.69 Å². The van der Waals surface area contributed by atoms with Crippen LogP contribution in [0, 0.1) is 20.8 Å². The minimum atomic E-state index is 0.00313. The minimum Gasteiger partial charge on any atom is -0.418 e. The first-order valence-corrected chi connectivity index (χ1v) is 9.96. The average molecular weight is 393 g/mol. The van der Waals surface area contributed by atoms with Crippen LogP contribution in [-0.2, 0) is 6.54 Å². The van der Waals surface area contributed by atoms with Crippen LogP contribution < -0.4 is 0 Å². The second kappa shape index (κ2) is 7.93. The van der Waals surface area contributed by atoms with E-state index in [0.717, 1.165) is 48.7 Å². The van der Waals surface area contributed by atoms with Crippen LogP contribution in [0.3, 0.4) is 0 Å². The van der Waals surface area contributed by atoms with Gasteiger partial charge in [0.2, 0.25) is 5.89 Å². The van der Waals surface area contributed by atoms with E-state index >= 15 is 0 Å². The van der Waals surface area contributed by atoms with E-state index in [0.29, 0.717) is 29.5 Å². The molecule has 1 aliphatic heterocycles. The van der Waals surface area contributed by atoms with E-state index in [-0.39, 0.29) is 5.78 Å². The Kier molecular flexibility index (Phi) is 5.34. The van der Waals surface area contributed by atoms with Crippen molar-refractivity contribution in [1.82, 2.24) is 25.0 Å². The fourth-order valence-corrected chi connectivity index (χ4v) is 3.85. The molecule has 7 nitrogen and oxygen atoms in total. The summed E-state index contributed by atoms with van der Waals surface area (Å²) in [4.78, 5) is 21.0. The highest BCUT2D eigenvalue weighted by molar-refractivity contribution is 6.11. The summed E-state index contributed by atoms with van der Waals surface area (Å²) in [6, 6.07) is 7.65. The number of nitrogens with zero attached hydrogens (tertiary/aromatic N) is 4. The Labute approximate surface area is 170 Å². The molecule has 3 aromatic rings. The lowest BCUT2D eigenvalue weighted by molar-refractivity contribution is 0.103. The summed E-state index contributed by atoms with van der Waals surface area (Å²) in [5.74, 6) is 1.03. The zero-order valence-corrected chi connectivity index (χ0v) is 17.5. The number of carbonyl (C=O) groups is 1. The van der Waals surface area contributed by atoms with Gasteiger partial charge in [-0.25, -0.2) is 0 Å². The van der Waals surface area contributed by atoms with Gasteiger partial charge in [-0.2, -0.15) is 0 Å². The van der Waals surface area contributed by atoms with Gasteiger partial charge in [0.15, 0.2) is 5.78 Å². The maximum Gasteiger partial charge on any atom is 0.264 e. The van der Waals surface area contributed by atoms with Gasteiger partial charge >= 0.3 is 0 Å². The molecule has 0 saturated carbocycles. The van der Waals surface area contributed by atoms with E-state index in [1.807, 2.05) is 45.0 Å². The number of piperazine rings is 1. The van der Waals surface area contributed by atoms with E-state index in [4.69, 9.17) is 4.42 Å². The summed E-state index contributed by atoms with van der Waals surface area (Å²) in [6.45, 7) is 10.5. The highest BCUT2D eigenvalue weighted by Crippen LogP contribution is 2.28. The molecule has 152 valence electrons. The van der Waals surface area contributed by atoms with E-state index in [9.17, 15) is 4.79 Å². The van der Waals surface area contributed by atoms with Gasteiger partial charge in [-0.15, -0.1) is 10.2 Å². The van der Waals surface area contributed by atoms with Crippen molar-refractivity contribution in [1.29, 1.82) is 0 Å². The SMILES string of the molecule is Cc1cccc(C(=O)c2c(C)[nH]c(-c3nnc(CN4CCN(C)CC4)o3)c2C)c1. The zero-order valence-electron chi connectivity index (χ0n) is 17.5. The van der Waals surface area contributed by atoms with E-state index < -0.39 is 0 Å². The fourth-order valence-electron chi connectivity index (χ4n) is 3.85. The quantitative estimate of drug-likeness (QED) is 0.672. The third-order valence-electron chi connectivity index (χ3n) is 5.58. The molecule has 0 spiro atoms. The Morgan fingerprint density at radius 1 is 1.14 bits per heavy atom. The largest absolute Gasteiger partial charge is 0.418 e. The van der Waals surface area contributed by atoms with Crippen molar-refractivity contribution in [2.24, 2.45) is 0 Å². The number of aromatic nitrogens is 3. The molecule has 1 saturated heterocycles. The van der Waals surface area contributed by atoms with Crippen LogP contribution in [-0.4, -0.2) is 64.0 Å². The molecule has 0 bridgehead atoms. The Morgan fingerprint density at radius 3 is 2.62 bits per heavy atom. The number of likely N-dealkylation sites (N-methyl/N-ethyl adjacent to an activating group) is 1. The zero-order chi connectivity index (χ0) is 20.5. The van der Waals surface area contributed by atoms with Gasteiger partial charge in [-0.1, -0.05) is 23.8 Å². The van der Waals surface area contributed by atoms with Crippen molar-refractivity contribution < 1.29 is 9.21 Å². The van der Waals surface area contributed by atoms with Crippen LogP contribution in [0.25, 0.3) is 11.6 Å². The highest BCUT2D eigenvalue weighted by Gasteiger charge is 2.24. The molecule has 29 heavy (non-hydrogen) atoms. The number of rotatable bonds is 5. The highest BCUT2D eigenvalue weighted by atomic mass is 16.4. The predicted molar refractivity (Wildman–Crippen MR) is 111 cm³/mol. The van der Waals surface area contributed by atoms with Crippen LogP contribution in [0.4, 0.5) is 0 Å². The molecule has 0 aliphatic carbocycles. The van der Waals surface area contributed by atoms with Crippen LogP contribution in [0.15, 0.2) is 28.7 Å². The third kappa shape index (κ3) is 4.02. The molecule has 1 aromatic carbocycles. The predicted octanol–water partition coefficient (Wildman–Crippen LogP) is 2.97. The number of nitrogens with one attached hydrogen (secondary N) is 1. The smallest absolute Gasteiger partial charge is 0.264 e. The molecule has 0 amide bonds. The number of carbonyl (C=O) groups excluding carboxylic acids is 1. The van der Waals surface area contributed by atoms with Crippen LogP contribution >= 0.6 is 0 Å². The second-order valence-electron chi connectivity index (χ2n) is 7.90. The van der Waals surface area contributed by atoms with Crippen molar-refractivity contribution in [2.75, 3.05) is 33.2 Å². The van der Waals surface area contributed by atoms with Gasteiger partial charge < -0.3 is 14.3 Å². The standard InChI is InChI=1S/C22H27N5O2/c1-14-6-5-7-17(12-14)21(28)19-15(2)20(23-16(19)3)22-25-24-18(29-22)13-27-10-8-26(4)9-11-27/h5-7,12,23H,8-11,13H2,1-4H3. The minimum absolute atomic E-state index is 0.00313. The number of ketones is 1.